The van der Waals surface area contributed by atoms with Crippen LogP contribution in [-0.4, -0.2) is 72.0 Å². The number of methoxy groups -OCH3 is 1. The molecule has 2 aromatic heterocycles. The van der Waals surface area contributed by atoms with Crippen molar-refractivity contribution >= 4 is 34.6 Å². The van der Waals surface area contributed by atoms with Crippen LogP contribution in [0.2, 0.25) is 0 Å². The van der Waals surface area contributed by atoms with Gasteiger partial charge in [-0.25, -0.2) is 9.78 Å². The highest BCUT2D eigenvalue weighted by Gasteiger charge is 2.24. The molecular formula is C31H31N5O5. The molecule has 0 bridgehead atoms. The van der Waals surface area contributed by atoms with Crippen LogP contribution in [0.1, 0.15) is 23.2 Å². The second-order valence-corrected chi connectivity index (χ2v) is 9.86. The molecule has 2 N–H and O–H groups in total. The van der Waals surface area contributed by atoms with Crippen molar-refractivity contribution in [3.05, 3.63) is 78.8 Å². The summed E-state index contributed by atoms with van der Waals surface area (Å²) in [6.07, 6.45) is 3.94. The van der Waals surface area contributed by atoms with Gasteiger partial charge >= 0.3 is 6.09 Å². The highest BCUT2D eigenvalue weighted by molar-refractivity contribution is 6.04. The zero-order chi connectivity index (χ0) is 29.1. The number of nitrogens with zero attached hydrogens (tertiary/aromatic N) is 3. The SMILES string of the molecule is C=C1CCC(=O)N1CCOC(=O)Nc1ccc(-c2cnc3[nH]cc(-c4ccccc4OC)c3c2)cc1C(=O)N(C)C. The highest BCUT2D eigenvalue weighted by atomic mass is 16.5. The van der Waals surface area contributed by atoms with Crippen LogP contribution in [0, 0.1) is 0 Å². The van der Waals surface area contributed by atoms with Crippen LogP contribution >= 0.6 is 0 Å². The Morgan fingerprint density at radius 3 is 2.63 bits per heavy atom. The largest absolute Gasteiger partial charge is 0.496 e. The third kappa shape index (κ3) is 5.62. The zero-order valence-electron chi connectivity index (χ0n) is 23.2. The lowest BCUT2D eigenvalue weighted by molar-refractivity contribution is -0.127. The number of aromatic amines is 1. The number of H-pyrrole nitrogens is 1. The van der Waals surface area contributed by atoms with E-state index in [0.717, 1.165) is 44.7 Å². The predicted molar refractivity (Wildman–Crippen MR) is 157 cm³/mol. The van der Waals surface area contributed by atoms with Crippen molar-refractivity contribution in [2.45, 2.75) is 12.8 Å². The highest BCUT2D eigenvalue weighted by Crippen LogP contribution is 2.36. The van der Waals surface area contributed by atoms with E-state index in [1.54, 1.807) is 39.5 Å². The average Bonchev–Trinajstić information content (AvgIpc) is 3.54. The first kappa shape index (κ1) is 27.4. The Labute approximate surface area is 237 Å². The fourth-order valence-electron chi connectivity index (χ4n) is 4.86. The monoisotopic (exact) mass is 553 g/mol. The van der Waals surface area contributed by atoms with Crippen LogP contribution in [-0.2, 0) is 9.53 Å². The third-order valence-corrected chi connectivity index (χ3v) is 7.01. The van der Waals surface area contributed by atoms with E-state index in [1.807, 2.05) is 42.6 Å². The van der Waals surface area contributed by atoms with Crippen LogP contribution in [0.15, 0.2) is 73.2 Å². The number of carbonyl (C=O) groups is 3. The summed E-state index contributed by atoms with van der Waals surface area (Å²) in [6, 6.07) is 15.0. The fourth-order valence-corrected chi connectivity index (χ4v) is 4.86. The van der Waals surface area contributed by atoms with Gasteiger partial charge in [-0.1, -0.05) is 30.8 Å². The molecule has 1 aliphatic heterocycles. The smallest absolute Gasteiger partial charge is 0.411 e. The summed E-state index contributed by atoms with van der Waals surface area (Å²) in [5.74, 6) is 0.430. The molecule has 1 saturated heterocycles. The van der Waals surface area contributed by atoms with Gasteiger partial charge in [-0.05, 0) is 36.2 Å². The maximum atomic E-state index is 13.1. The molecule has 0 radical (unpaired) electrons. The number of pyridine rings is 1. The van der Waals surface area contributed by atoms with Gasteiger partial charge in [-0.2, -0.15) is 0 Å². The third-order valence-electron chi connectivity index (χ3n) is 7.01. The lowest BCUT2D eigenvalue weighted by Crippen LogP contribution is -2.29. The predicted octanol–water partition coefficient (Wildman–Crippen LogP) is 5.29. The Morgan fingerprint density at radius 1 is 1.10 bits per heavy atom. The Morgan fingerprint density at radius 2 is 1.90 bits per heavy atom. The van der Waals surface area contributed by atoms with E-state index < -0.39 is 6.09 Å². The van der Waals surface area contributed by atoms with E-state index >= 15 is 0 Å². The summed E-state index contributed by atoms with van der Waals surface area (Å²) < 4.78 is 10.9. The summed E-state index contributed by atoms with van der Waals surface area (Å²) in [6.45, 7) is 4.11. The summed E-state index contributed by atoms with van der Waals surface area (Å²) in [5, 5.41) is 3.57. The minimum atomic E-state index is -0.723. The van der Waals surface area contributed by atoms with Gasteiger partial charge in [0, 0.05) is 60.7 Å². The van der Waals surface area contributed by atoms with Gasteiger partial charge in [0.05, 0.1) is 24.9 Å². The van der Waals surface area contributed by atoms with Gasteiger partial charge in [0.15, 0.2) is 0 Å². The molecule has 41 heavy (non-hydrogen) atoms. The molecule has 4 aromatic rings. The second-order valence-electron chi connectivity index (χ2n) is 9.86. The molecule has 1 aliphatic rings. The minimum Gasteiger partial charge on any atom is -0.496 e. The van der Waals surface area contributed by atoms with Gasteiger partial charge in [0.25, 0.3) is 5.91 Å². The average molecular weight is 554 g/mol. The first-order valence-corrected chi connectivity index (χ1v) is 13.2. The quantitative estimate of drug-likeness (QED) is 0.306. The number of amides is 3. The number of nitrogens with one attached hydrogen (secondary N) is 2. The van der Waals surface area contributed by atoms with E-state index in [1.165, 1.54) is 9.80 Å². The Kier molecular flexibility index (Phi) is 7.73. The van der Waals surface area contributed by atoms with Crippen molar-refractivity contribution in [3.8, 4) is 28.0 Å². The Hall–Kier alpha value is -5.12. The van der Waals surface area contributed by atoms with Crippen LogP contribution in [0.3, 0.4) is 0 Å². The molecule has 0 aliphatic carbocycles. The molecule has 10 nitrogen and oxygen atoms in total. The lowest BCUT2D eigenvalue weighted by atomic mass is 9.99. The molecular weight excluding hydrogens is 522 g/mol. The zero-order valence-corrected chi connectivity index (χ0v) is 23.2. The number of rotatable bonds is 8. The van der Waals surface area contributed by atoms with E-state index in [-0.39, 0.29) is 25.0 Å². The summed E-state index contributed by atoms with van der Waals surface area (Å²) in [7, 11) is 4.92. The number of aromatic nitrogens is 2. The molecule has 10 heteroatoms. The summed E-state index contributed by atoms with van der Waals surface area (Å²) in [4.78, 5) is 48.4. The van der Waals surface area contributed by atoms with Crippen molar-refractivity contribution in [2.24, 2.45) is 0 Å². The topological polar surface area (TPSA) is 117 Å². The fraction of sp³-hybridized carbons (Fsp3) is 0.226. The maximum Gasteiger partial charge on any atom is 0.411 e. The molecule has 5 rings (SSSR count). The minimum absolute atomic E-state index is 0.00250. The molecule has 2 aromatic carbocycles. The van der Waals surface area contributed by atoms with Gasteiger partial charge in [0.1, 0.15) is 18.0 Å². The number of likely N-dealkylation sites (tertiary alicyclic amines) is 1. The molecule has 3 heterocycles. The Balaban J connectivity index is 1.41. The molecule has 0 atom stereocenters. The molecule has 210 valence electrons. The number of anilines is 1. The van der Waals surface area contributed by atoms with E-state index in [2.05, 4.69) is 21.9 Å². The maximum absolute atomic E-state index is 13.1. The molecule has 0 unspecified atom stereocenters. The molecule has 1 fully saturated rings. The van der Waals surface area contributed by atoms with Crippen molar-refractivity contribution in [1.82, 2.24) is 19.8 Å². The number of fused-ring (bicyclic) bond motifs is 1. The first-order valence-electron chi connectivity index (χ1n) is 13.2. The first-order chi connectivity index (χ1) is 19.8. The van der Waals surface area contributed by atoms with E-state index in [4.69, 9.17) is 9.47 Å². The van der Waals surface area contributed by atoms with Crippen LogP contribution in [0.4, 0.5) is 10.5 Å². The number of allylic oxidation sites excluding steroid dienone is 1. The van der Waals surface area contributed by atoms with Crippen molar-refractivity contribution in [2.75, 3.05) is 39.7 Å². The van der Waals surface area contributed by atoms with Crippen molar-refractivity contribution in [3.63, 3.8) is 0 Å². The lowest BCUT2D eigenvalue weighted by Gasteiger charge is -2.18. The van der Waals surface area contributed by atoms with Crippen LogP contribution in [0.25, 0.3) is 33.3 Å². The van der Waals surface area contributed by atoms with Gasteiger partial charge in [0.2, 0.25) is 5.91 Å². The number of ether oxygens (including phenoxy) is 2. The van der Waals surface area contributed by atoms with E-state index in [0.29, 0.717) is 24.1 Å². The molecule has 0 spiro atoms. The number of hydrogen-bond donors (Lipinski definition) is 2. The van der Waals surface area contributed by atoms with Gasteiger partial charge < -0.3 is 24.3 Å². The molecule has 0 saturated carbocycles. The molecule has 3 amide bonds. The van der Waals surface area contributed by atoms with Crippen molar-refractivity contribution in [1.29, 1.82) is 0 Å². The van der Waals surface area contributed by atoms with Crippen LogP contribution in [0.5, 0.6) is 5.75 Å². The van der Waals surface area contributed by atoms with E-state index in [9.17, 15) is 14.4 Å². The van der Waals surface area contributed by atoms with Gasteiger partial charge in [-0.15, -0.1) is 0 Å². The standard InChI is InChI=1S/C31H31N5O5/c1-19-9-12-28(37)36(19)13-14-41-31(39)34-26-11-10-20(15-24(26)30(38)35(2)3)21-16-23-25(18-33-29(23)32-17-21)22-7-5-6-8-27(22)40-4/h5-8,10-11,15-18H,1,9,12-14H2,2-4H3,(H,32,33)(H,34,39). The Bertz CT molecular complexity index is 1640. The number of carbonyl (C=O) groups excluding carboxylic acids is 3. The van der Waals surface area contributed by atoms with Crippen molar-refractivity contribution < 1.29 is 23.9 Å². The summed E-state index contributed by atoms with van der Waals surface area (Å²) in [5.41, 5.74) is 5.47. The van der Waals surface area contributed by atoms with Crippen LogP contribution < -0.4 is 10.1 Å². The van der Waals surface area contributed by atoms with Gasteiger partial charge in [-0.3, -0.25) is 14.9 Å². The second kappa shape index (κ2) is 11.5. The number of para-hydroxylation sites is 1. The number of hydrogen-bond acceptors (Lipinski definition) is 6. The summed E-state index contributed by atoms with van der Waals surface area (Å²) >= 11 is 0. The normalized spacial score (nSPS) is 13.0. The number of benzene rings is 2.